The lowest BCUT2D eigenvalue weighted by molar-refractivity contribution is 0.673. The van der Waals surface area contributed by atoms with Crippen LogP contribution in [0.25, 0.3) is 43.5 Å². The topological polar surface area (TPSA) is 13.1 Å². The molecule has 3 heteroatoms. The third-order valence-electron chi connectivity index (χ3n) is 4.42. The maximum Gasteiger partial charge on any atom is 0.143 e. The predicted octanol–water partition coefficient (Wildman–Crippen LogP) is 5.45. The molecule has 5 rings (SSSR count). The van der Waals surface area contributed by atoms with Gasteiger partial charge in [-0.05, 0) is 34.4 Å². The molecule has 0 bridgehead atoms. The second-order valence-corrected chi connectivity index (χ2v) is 6.71. The summed E-state index contributed by atoms with van der Waals surface area (Å²) in [5.41, 5.74) is 2.55. The van der Waals surface area contributed by atoms with Crippen LogP contribution >= 0.6 is 15.9 Å². The fourth-order valence-electron chi connectivity index (χ4n) is 3.45. The van der Waals surface area contributed by atoms with Gasteiger partial charge in [0, 0.05) is 20.6 Å². The van der Waals surface area contributed by atoms with E-state index in [2.05, 4.69) is 46.3 Å². The summed E-state index contributed by atoms with van der Waals surface area (Å²) in [5.74, 6) is 0. The van der Waals surface area contributed by atoms with E-state index in [-0.39, 0.29) is 0 Å². The molecule has 0 spiro atoms. The molecule has 0 saturated carbocycles. The Morgan fingerprint density at radius 2 is 1.52 bits per heavy atom. The third kappa shape index (κ3) is 1.80. The molecular formula is C20H10BBrO. The predicted molar refractivity (Wildman–Crippen MR) is 102 cm³/mol. The number of rotatable bonds is 0. The SMILES string of the molecule is [B]c1ccc2c3ccc(Br)cc3c3c4ccccc4oc3c2c1. The van der Waals surface area contributed by atoms with Crippen LogP contribution in [0.3, 0.4) is 0 Å². The highest BCUT2D eigenvalue weighted by molar-refractivity contribution is 9.10. The molecule has 0 unspecified atom stereocenters. The third-order valence-corrected chi connectivity index (χ3v) is 4.92. The number of benzene rings is 4. The van der Waals surface area contributed by atoms with Crippen molar-refractivity contribution in [3.05, 3.63) is 65.1 Å². The number of fused-ring (bicyclic) bond motifs is 8. The Labute approximate surface area is 142 Å². The van der Waals surface area contributed by atoms with Crippen molar-refractivity contribution < 1.29 is 4.42 Å². The zero-order valence-electron chi connectivity index (χ0n) is 12.1. The Balaban J connectivity index is 2.21. The zero-order chi connectivity index (χ0) is 15.6. The molecular weight excluding hydrogens is 347 g/mol. The van der Waals surface area contributed by atoms with Gasteiger partial charge in [-0.25, -0.2) is 0 Å². The van der Waals surface area contributed by atoms with Gasteiger partial charge in [0.2, 0.25) is 0 Å². The normalized spacial score (nSPS) is 11.9. The van der Waals surface area contributed by atoms with Crippen molar-refractivity contribution in [1.29, 1.82) is 0 Å². The summed E-state index contributed by atoms with van der Waals surface area (Å²) in [5, 5.41) is 6.91. The Morgan fingerprint density at radius 3 is 2.43 bits per heavy atom. The van der Waals surface area contributed by atoms with Crippen LogP contribution in [0.15, 0.2) is 69.6 Å². The van der Waals surface area contributed by atoms with Crippen LogP contribution in [0, 0.1) is 0 Å². The Hall–Kier alpha value is -2.26. The van der Waals surface area contributed by atoms with E-state index in [1.54, 1.807) is 0 Å². The van der Waals surface area contributed by atoms with Gasteiger partial charge in [-0.1, -0.05) is 63.9 Å². The molecule has 2 radical (unpaired) electrons. The Kier molecular flexibility index (Phi) is 2.65. The fraction of sp³-hybridized carbons (Fsp3) is 0. The van der Waals surface area contributed by atoms with Crippen LogP contribution in [0.4, 0.5) is 0 Å². The van der Waals surface area contributed by atoms with Crippen LogP contribution in [0.5, 0.6) is 0 Å². The van der Waals surface area contributed by atoms with Crippen molar-refractivity contribution in [2.24, 2.45) is 0 Å². The van der Waals surface area contributed by atoms with Crippen molar-refractivity contribution >= 4 is 72.7 Å². The van der Waals surface area contributed by atoms with E-state index in [9.17, 15) is 0 Å². The van der Waals surface area contributed by atoms with E-state index in [0.717, 1.165) is 42.6 Å². The van der Waals surface area contributed by atoms with Crippen molar-refractivity contribution in [3.8, 4) is 0 Å². The second-order valence-electron chi connectivity index (χ2n) is 5.80. The summed E-state index contributed by atoms with van der Waals surface area (Å²) in [4.78, 5) is 0. The number of halogens is 1. The molecule has 23 heavy (non-hydrogen) atoms. The van der Waals surface area contributed by atoms with Crippen LogP contribution < -0.4 is 5.46 Å². The molecule has 5 aromatic rings. The number of para-hydroxylation sites is 1. The molecule has 1 aromatic heterocycles. The van der Waals surface area contributed by atoms with Gasteiger partial charge in [-0.3, -0.25) is 0 Å². The summed E-state index contributed by atoms with van der Waals surface area (Å²) in [6, 6.07) is 20.6. The highest BCUT2D eigenvalue weighted by atomic mass is 79.9. The quantitative estimate of drug-likeness (QED) is 0.265. The first-order valence-electron chi connectivity index (χ1n) is 7.44. The minimum Gasteiger partial charge on any atom is -0.455 e. The first-order chi connectivity index (χ1) is 11.2. The lowest BCUT2D eigenvalue weighted by Crippen LogP contribution is -1.99. The van der Waals surface area contributed by atoms with Crippen molar-refractivity contribution in [2.45, 2.75) is 0 Å². The van der Waals surface area contributed by atoms with E-state index >= 15 is 0 Å². The summed E-state index contributed by atoms with van der Waals surface area (Å²) >= 11 is 3.60. The monoisotopic (exact) mass is 356 g/mol. The lowest BCUT2D eigenvalue weighted by Gasteiger charge is -2.08. The number of hydrogen-bond donors (Lipinski definition) is 0. The zero-order valence-corrected chi connectivity index (χ0v) is 13.7. The molecule has 1 heterocycles. The second kappa shape index (κ2) is 4.62. The first kappa shape index (κ1) is 13.2. The van der Waals surface area contributed by atoms with E-state index < -0.39 is 0 Å². The van der Waals surface area contributed by atoms with Crippen molar-refractivity contribution in [1.82, 2.24) is 0 Å². The van der Waals surface area contributed by atoms with Gasteiger partial charge in [0.1, 0.15) is 19.0 Å². The molecule has 4 aromatic carbocycles. The van der Waals surface area contributed by atoms with Gasteiger partial charge < -0.3 is 4.42 Å². The molecule has 0 N–H and O–H groups in total. The highest BCUT2D eigenvalue weighted by Crippen LogP contribution is 2.41. The minimum atomic E-state index is 0.746. The van der Waals surface area contributed by atoms with E-state index in [0.29, 0.717) is 0 Å². The summed E-state index contributed by atoms with van der Waals surface area (Å²) < 4.78 is 7.26. The van der Waals surface area contributed by atoms with Crippen LogP contribution in [-0.4, -0.2) is 7.85 Å². The smallest absolute Gasteiger partial charge is 0.143 e. The molecule has 0 atom stereocenters. The number of hydrogen-bond acceptors (Lipinski definition) is 1. The summed E-state index contributed by atoms with van der Waals surface area (Å²) in [6.45, 7) is 0. The maximum atomic E-state index is 6.20. The van der Waals surface area contributed by atoms with E-state index in [4.69, 9.17) is 12.3 Å². The fourth-order valence-corrected chi connectivity index (χ4v) is 3.81. The number of furan rings is 1. The average molecular weight is 357 g/mol. The molecule has 0 fully saturated rings. The van der Waals surface area contributed by atoms with Gasteiger partial charge in [0.25, 0.3) is 0 Å². The molecule has 0 aliphatic carbocycles. The van der Waals surface area contributed by atoms with Crippen molar-refractivity contribution in [3.63, 3.8) is 0 Å². The summed E-state index contributed by atoms with van der Waals surface area (Å²) in [6.07, 6.45) is 0. The molecule has 106 valence electrons. The van der Waals surface area contributed by atoms with Gasteiger partial charge in [0.05, 0.1) is 0 Å². The van der Waals surface area contributed by atoms with Crippen LogP contribution in [0.1, 0.15) is 0 Å². The Bertz CT molecular complexity index is 1240. The van der Waals surface area contributed by atoms with Gasteiger partial charge >= 0.3 is 0 Å². The lowest BCUT2D eigenvalue weighted by atomic mass is 9.90. The van der Waals surface area contributed by atoms with Gasteiger partial charge in [-0.15, -0.1) is 0 Å². The van der Waals surface area contributed by atoms with Crippen LogP contribution in [0.2, 0.25) is 0 Å². The Morgan fingerprint density at radius 1 is 0.739 bits per heavy atom. The largest absolute Gasteiger partial charge is 0.455 e. The molecule has 0 aliphatic heterocycles. The van der Waals surface area contributed by atoms with Crippen molar-refractivity contribution in [2.75, 3.05) is 0 Å². The highest BCUT2D eigenvalue weighted by Gasteiger charge is 2.15. The van der Waals surface area contributed by atoms with Crippen LogP contribution in [-0.2, 0) is 0 Å². The molecule has 0 saturated heterocycles. The molecule has 0 aliphatic rings. The average Bonchev–Trinajstić information content (AvgIpc) is 2.95. The molecule has 0 amide bonds. The van der Waals surface area contributed by atoms with Gasteiger partial charge in [-0.2, -0.15) is 0 Å². The van der Waals surface area contributed by atoms with E-state index in [1.165, 1.54) is 10.8 Å². The minimum absolute atomic E-state index is 0.746. The maximum absolute atomic E-state index is 6.20. The first-order valence-corrected chi connectivity index (χ1v) is 8.23. The molecule has 1 nitrogen and oxygen atoms in total. The van der Waals surface area contributed by atoms with Gasteiger partial charge in [0.15, 0.2) is 0 Å². The standard InChI is InChI=1S/C20H10BBrO/c21-11-5-7-14-13-8-6-12(22)10-16(13)19-15-3-1-2-4-18(15)23-20(19)17(14)9-11/h1-10H. The summed E-state index contributed by atoms with van der Waals surface area (Å²) in [7, 11) is 6.03. The van der Waals surface area contributed by atoms with E-state index in [1.807, 2.05) is 30.3 Å².